The van der Waals surface area contributed by atoms with E-state index in [1.807, 2.05) is 6.92 Å². The van der Waals surface area contributed by atoms with Crippen LogP contribution in [0.15, 0.2) is 46.7 Å². The van der Waals surface area contributed by atoms with Crippen LogP contribution in [0.1, 0.15) is 67.2 Å². The maximum absolute atomic E-state index is 12.9. The summed E-state index contributed by atoms with van der Waals surface area (Å²) in [5.41, 5.74) is 0.376. The van der Waals surface area contributed by atoms with Gasteiger partial charge in [-0.1, -0.05) is 34.6 Å². The van der Waals surface area contributed by atoms with Crippen molar-refractivity contribution in [3.63, 3.8) is 0 Å². The predicted octanol–water partition coefficient (Wildman–Crippen LogP) is 3.48. The average Bonchev–Trinajstić information content (AvgIpc) is 3.67. The van der Waals surface area contributed by atoms with Gasteiger partial charge in [0.25, 0.3) is 20.0 Å². The molecule has 2 aliphatic rings. The zero-order chi connectivity index (χ0) is 32.1. The second-order valence-corrected chi connectivity index (χ2v) is 16.5. The molecule has 15 heteroatoms. The fourth-order valence-corrected chi connectivity index (χ4v) is 9.51. The van der Waals surface area contributed by atoms with Crippen LogP contribution in [0.5, 0.6) is 0 Å². The van der Waals surface area contributed by atoms with Crippen LogP contribution in [0, 0.1) is 22.7 Å². The smallest absolute Gasteiger partial charge is 0.258 e. The summed E-state index contributed by atoms with van der Waals surface area (Å²) in [6.07, 6.45) is 6.07. The molecular formula is C29H42N8O5S2. The number of fused-ring (bicyclic) bond motifs is 4. The van der Waals surface area contributed by atoms with Crippen LogP contribution < -0.4 is 9.44 Å². The van der Waals surface area contributed by atoms with E-state index < -0.39 is 32.2 Å². The van der Waals surface area contributed by atoms with E-state index >= 15 is 0 Å². The van der Waals surface area contributed by atoms with E-state index in [1.165, 1.54) is 0 Å². The van der Waals surface area contributed by atoms with Gasteiger partial charge in [-0.15, -0.1) is 0 Å². The van der Waals surface area contributed by atoms with Crippen LogP contribution in [0.4, 0.5) is 0 Å². The Morgan fingerprint density at radius 1 is 0.909 bits per heavy atom. The molecule has 5 N–H and O–H groups in total. The monoisotopic (exact) mass is 646 g/mol. The minimum absolute atomic E-state index is 0.00327. The lowest BCUT2D eigenvalue weighted by Crippen LogP contribution is -2.49. The van der Waals surface area contributed by atoms with E-state index in [1.54, 1.807) is 36.7 Å². The Morgan fingerprint density at radius 2 is 1.45 bits per heavy atom. The largest absolute Gasteiger partial charge is 0.391 e. The van der Waals surface area contributed by atoms with Gasteiger partial charge in [-0.2, -0.15) is 10.2 Å². The summed E-state index contributed by atoms with van der Waals surface area (Å²) in [5, 5.41) is 24.8. The van der Waals surface area contributed by atoms with Crippen molar-refractivity contribution in [1.82, 2.24) is 39.8 Å². The number of sulfonamides is 2. The zero-order valence-electron chi connectivity index (χ0n) is 25.9. The zero-order valence-corrected chi connectivity index (χ0v) is 27.5. The van der Waals surface area contributed by atoms with Crippen molar-refractivity contribution >= 4 is 42.1 Å². The SMILES string of the molecule is CC(C)CC[C@H](C)NS(=O)(=O)c1[nH]nc2ncccc12.CC1(C)C2CCC1(C)[C@H](O)[C@@H]2NS(=O)(=O)c1[nH]nc2ncccc12. The van der Waals surface area contributed by atoms with Crippen molar-refractivity contribution in [2.45, 2.75) is 95.5 Å². The maximum atomic E-state index is 12.9. The third-order valence-corrected chi connectivity index (χ3v) is 12.7. The first-order chi connectivity index (χ1) is 20.6. The second kappa shape index (κ2) is 11.7. The van der Waals surface area contributed by atoms with E-state index in [4.69, 9.17) is 0 Å². The van der Waals surface area contributed by atoms with Gasteiger partial charge in [0.15, 0.2) is 21.3 Å². The van der Waals surface area contributed by atoms with Crippen molar-refractivity contribution < 1.29 is 21.9 Å². The Kier molecular flexibility index (Phi) is 8.65. The van der Waals surface area contributed by atoms with Crippen molar-refractivity contribution in [3.05, 3.63) is 36.7 Å². The molecule has 2 bridgehead atoms. The predicted molar refractivity (Wildman–Crippen MR) is 166 cm³/mol. The minimum Gasteiger partial charge on any atom is -0.391 e. The Morgan fingerprint density at radius 3 is 1.95 bits per heavy atom. The van der Waals surface area contributed by atoms with Crippen LogP contribution >= 0.6 is 0 Å². The second-order valence-electron chi connectivity index (χ2n) is 13.2. The first-order valence-electron chi connectivity index (χ1n) is 14.9. The van der Waals surface area contributed by atoms with Gasteiger partial charge in [0.05, 0.1) is 22.9 Å². The molecule has 0 aromatic carbocycles. The number of aliphatic hydroxyl groups is 1. The molecule has 44 heavy (non-hydrogen) atoms. The molecule has 4 aromatic rings. The molecule has 2 saturated carbocycles. The number of rotatable bonds is 9. The molecule has 240 valence electrons. The van der Waals surface area contributed by atoms with Gasteiger partial charge in [-0.05, 0) is 74.1 Å². The number of aromatic nitrogens is 6. The third kappa shape index (κ3) is 5.75. The highest BCUT2D eigenvalue weighted by molar-refractivity contribution is 7.90. The van der Waals surface area contributed by atoms with E-state index in [9.17, 15) is 21.9 Å². The molecule has 2 unspecified atom stereocenters. The highest BCUT2D eigenvalue weighted by Gasteiger charge is 2.66. The quantitative estimate of drug-likeness (QED) is 0.181. The van der Waals surface area contributed by atoms with Crippen LogP contribution in [0.3, 0.4) is 0 Å². The van der Waals surface area contributed by atoms with Gasteiger partial charge in [-0.25, -0.2) is 36.2 Å². The van der Waals surface area contributed by atoms with Crippen LogP contribution in [0.2, 0.25) is 0 Å². The Labute approximate surface area is 258 Å². The van der Waals surface area contributed by atoms with Gasteiger partial charge < -0.3 is 5.11 Å². The number of nitrogens with zero attached hydrogens (tertiary/aromatic N) is 4. The van der Waals surface area contributed by atoms with Crippen LogP contribution in [-0.2, 0) is 20.0 Å². The number of nitrogens with one attached hydrogen (secondary N) is 4. The van der Waals surface area contributed by atoms with Gasteiger partial charge in [0, 0.05) is 23.9 Å². The van der Waals surface area contributed by atoms with Gasteiger partial charge in [0.2, 0.25) is 0 Å². The molecule has 0 amide bonds. The first kappa shape index (κ1) is 32.4. The Bertz CT molecular complexity index is 1850. The first-order valence-corrected chi connectivity index (χ1v) is 17.9. The lowest BCUT2D eigenvalue weighted by atomic mass is 9.70. The van der Waals surface area contributed by atoms with E-state index in [-0.39, 0.29) is 32.8 Å². The standard InChI is InChI=1S/C16H22N4O3S.C13H20N4O2S/c1-15(2)10-6-7-16(15,3)12(21)11(10)20-24(22,23)14-9-5-4-8-17-13(9)18-19-14;1-9(2)6-7-10(3)17-20(18,19)13-11-5-4-8-14-12(11)15-16-13/h4-5,8,10-12,20-21H,6-7H2,1-3H3,(H,17,18,19);4-5,8-10,17H,6-7H2,1-3H3,(H,14,15,16)/t10?,11-,12-,16?;10-/m10/s1. The summed E-state index contributed by atoms with van der Waals surface area (Å²) in [7, 11) is -7.43. The maximum Gasteiger partial charge on any atom is 0.258 e. The molecule has 2 fully saturated rings. The van der Waals surface area contributed by atoms with Crippen LogP contribution in [0.25, 0.3) is 22.1 Å². The van der Waals surface area contributed by atoms with Gasteiger partial charge >= 0.3 is 0 Å². The number of aliphatic hydroxyl groups excluding tert-OH is 1. The molecule has 5 atom stereocenters. The minimum atomic E-state index is -3.83. The lowest BCUT2D eigenvalue weighted by molar-refractivity contribution is 0.00347. The summed E-state index contributed by atoms with van der Waals surface area (Å²) < 4.78 is 55.9. The summed E-state index contributed by atoms with van der Waals surface area (Å²) in [5.74, 6) is 0.665. The fourth-order valence-electron chi connectivity index (χ4n) is 6.75. The number of aromatic amines is 2. The molecule has 4 heterocycles. The van der Waals surface area contributed by atoms with Crippen molar-refractivity contribution in [2.75, 3.05) is 0 Å². The summed E-state index contributed by atoms with van der Waals surface area (Å²) in [6, 6.07) is 6.13. The highest BCUT2D eigenvalue weighted by Crippen LogP contribution is 2.65. The van der Waals surface area contributed by atoms with E-state index in [0.29, 0.717) is 28.0 Å². The topological polar surface area (TPSA) is 196 Å². The highest BCUT2D eigenvalue weighted by atomic mass is 32.2. The number of hydrogen-bond acceptors (Lipinski definition) is 9. The molecule has 0 spiro atoms. The number of H-pyrrole nitrogens is 2. The molecule has 6 rings (SSSR count). The van der Waals surface area contributed by atoms with Crippen LogP contribution in [-0.4, -0.2) is 70.5 Å². The normalized spacial score (nSPS) is 25.4. The lowest BCUT2D eigenvalue weighted by Gasteiger charge is -2.37. The molecule has 2 aliphatic carbocycles. The molecule has 0 aliphatic heterocycles. The summed E-state index contributed by atoms with van der Waals surface area (Å²) in [4.78, 5) is 8.07. The molecule has 13 nitrogen and oxygen atoms in total. The van der Waals surface area contributed by atoms with Gasteiger partial charge in [-0.3, -0.25) is 10.2 Å². The van der Waals surface area contributed by atoms with Gasteiger partial charge in [0.1, 0.15) is 0 Å². The van der Waals surface area contributed by atoms with Crippen molar-refractivity contribution in [1.29, 1.82) is 0 Å². The van der Waals surface area contributed by atoms with E-state index in [2.05, 4.69) is 74.4 Å². The molecule has 0 saturated heterocycles. The van der Waals surface area contributed by atoms with E-state index in [0.717, 1.165) is 25.7 Å². The Balaban J connectivity index is 0.000000178. The Hall–Kier alpha value is -2.98. The number of hydrogen-bond donors (Lipinski definition) is 5. The van der Waals surface area contributed by atoms with Crippen molar-refractivity contribution in [2.24, 2.45) is 22.7 Å². The number of pyridine rings is 2. The van der Waals surface area contributed by atoms with Crippen molar-refractivity contribution in [3.8, 4) is 0 Å². The molecular weight excluding hydrogens is 605 g/mol. The average molecular weight is 647 g/mol. The summed E-state index contributed by atoms with van der Waals surface area (Å²) in [6.45, 7) is 12.4. The fraction of sp³-hybridized carbons (Fsp3) is 0.586. The molecule has 4 aromatic heterocycles. The summed E-state index contributed by atoms with van der Waals surface area (Å²) >= 11 is 0. The third-order valence-electron chi connectivity index (χ3n) is 9.75. The molecule has 0 radical (unpaired) electrons.